The molecule has 1 heterocycles. The second-order valence-corrected chi connectivity index (χ2v) is 9.89. The lowest BCUT2D eigenvalue weighted by molar-refractivity contribution is 0.250. The average Bonchev–Trinajstić information content (AvgIpc) is 2.79. The first kappa shape index (κ1) is 22.5. The molecule has 1 fully saturated rings. The molecule has 32 heavy (non-hydrogen) atoms. The van der Waals surface area contributed by atoms with E-state index in [0.29, 0.717) is 12.0 Å². The van der Waals surface area contributed by atoms with E-state index in [1.54, 1.807) is 6.07 Å². The molecule has 1 aliphatic rings. The van der Waals surface area contributed by atoms with E-state index in [1.165, 1.54) is 17.3 Å². The van der Waals surface area contributed by atoms with Crippen LogP contribution in [0, 0.1) is 6.92 Å². The van der Waals surface area contributed by atoms with Crippen LogP contribution in [0.3, 0.4) is 0 Å². The van der Waals surface area contributed by atoms with Gasteiger partial charge in [0.25, 0.3) is 10.1 Å². The SMILES string of the molecule is Cc1ccc(S(=O)(=O)O)c(CCc2ccc(CN3CCN(c4ccccc4)CC3)cc2)c1. The molecule has 3 aromatic carbocycles. The van der Waals surface area contributed by atoms with E-state index < -0.39 is 10.1 Å². The summed E-state index contributed by atoms with van der Waals surface area (Å²) in [7, 11) is -4.21. The first-order valence-electron chi connectivity index (χ1n) is 11.1. The van der Waals surface area contributed by atoms with Gasteiger partial charge in [-0.1, -0.05) is 60.2 Å². The van der Waals surface area contributed by atoms with Crippen molar-refractivity contribution in [2.24, 2.45) is 0 Å². The summed E-state index contributed by atoms with van der Waals surface area (Å²) in [5.74, 6) is 0. The largest absolute Gasteiger partial charge is 0.369 e. The fraction of sp³-hybridized carbons (Fsp3) is 0.308. The fourth-order valence-electron chi connectivity index (χ4n) is 4.31. The van der Waals surface area contributed by atoms with Crippen LogP contribution in [0.4, 0.5) is 5.69 Å². The Kier molecular flexibility index (Phi) is 6.94. The Morgan fingerprint density at radius 2 is 1.47 bits per heavy atom. The van der Waals surface area contributed by atoms with E-state index in [0.717, 1.165) is 50.3 Å². The summed E-state index contributed by atoms with van der Waals surface area (Å²) < 4.78 is 32.8. The molecule has 0 unspecified atom stereocenters. The van der Waals surface area contributed by atoms with E-state index in [-0.39, 0.29) is 4.90 Å². The Hall–Kier alpha value is -2.67. The standard InChI is InChI=1S/C26H30N2O3S/c1-21-7-14-26(32(29,30)31)24(19-21)13-12-22-8-10-23(11-9-22)20-27-15-17-28(18-16-27)25-5-3-2-4-6-25/h2-11,14,19H,12-13,15-18,20H2,1H3,(H,29,30,31). The van der Waals surface area contributed by atoms with Crippen LogP contribution in [0.5, 0.6) is 0 Å². The van der Waals surface area contributed by atoms with Crippen LogP contribution >= 0.6 is 0 Å². The lowest BCUT2D eigenvalue weighted by Gasteiger charge is -2.36. The van der Waals surface area contributed by atoms with Gasteiger partial charge in [0.05, 0.1) is 4.90 Å². The highest BCUT2D eigenvalue weighted by molar-refractivity contribution is 7.85. The van der Waals surface area contributed by atoms with Gasteiger partial charge in [-0.15, -0.1) is 0 Å². The zero-order valence-electron chi connectivity index (χ0n) is 18.4. The molecule has 168 valence electrons. The van der Waals surface area contributed by atoms with Gasteiger partial charge >= 0.3 is 0 Å². The number of hydrogen-bond acceptors (Lipinski definition) is 4. The van der Waals surface area contributed by atoms with Crippen LogP contribution in [-0.4, -0.2) is 44.0 Å². The molecular formula is C26H30N2O3S. The van der Waals surface area contributed by atoms with E-state index in [2.05, 4.69) is 64.4 Å². The molecule has 3 aromatic rings. The number of hydrogen-bond donors (Lipinski definition) is 1. The van der Waals surface area contributed by atoms with Crippen molar-refractivity contribution in [3.63, 3.8) is 0 Å². The Morgan fingerprint density at radius 1 is 0.812 bits per heavy atom. The zero-order valence-corrected chi connectivity index (χ0v) is 19.3. The number of rotatable bonds is 7. The summed E-state index contributed by atoms with van der Waals surface area (Å²) in [4.78, 5) is 4.93. The summed E-state index contributed by atoms with van der Waals surface area (Å²) >= 11 is 0. The number of piperazine rings is 1. The Morgan fingerprint density at radius 3 is 2.12 bits per heavy atom. The van der Waals surface area contributed by atoms with Crippen LogP contribution in [0.1, 0.15) is 22.3 Å². The third-order valence-corrected chi connectivity index (χ3v) is 7.05. The lowest BCUT2D eigenvalue weighted by Crippen LogP contribution is -2.45. The highest BCUT2D eigenvalue weighted by Gasteiger charge is 2.17. The number of aryl methyl sites for hydroxylation is 3. The summed E-state index contributed by atoms with van der Waals surface area (Å²) in [6.45, 7) is 7.02. The normalized spacial score (nSPS) is 15.1. The molecule has 0 radical (unpaired) electrons. The van der Waals surface area contributed by atoms with Crippen molar-refractivity contribution >= 4 is 15.8 Å². The summed E-state index contributed by atoms with van der Waals surface area (Å²) in [6, 6.07) is 24.2. The van der Waals surface area contributed by atoms with Gasteiger partial charge in [0, 0.05) is 38.4 Å². The molecule has 1 N–H and O–H groups in total. The number of anilines is 1. The minimum Gasteiger partial charge on any atom is -0.369 e. The molecule has 6 heteroatoms. The summed E-state index contributed by atoms with van der Waals surface area (Å²) in [5, 5.41) is 0. The first-order valence-corrected chi connectivity index (χ1v) is 12.5. The van der Waals surface area contributed by atoms with Crippen molar-refractivity contribution in [3.05, 3.63) is 95.1 Å². The van der Waals surface area contributed by atoms with Gasteiger partial charge in [0.1, 0.15) is 0 Å². The molecule has 1 saturated heterocycles. The van der Waals surface area contributed by atoms with Crippen LogP contribution in [0.2, 0.25) is 0 Å². The summed E-state index contributed by atoms with van der Waals surface area (Å²) in [5.41, 5.74) is 5.38. The van der Waals surface area contributed by atoms with E-state index >= 15 is 0 Å². The van der Waals surface area contributed by atoms with Gasteiger partial charge in [-0.3, -0.25) is 9.45 Å². The highest BCUT2D eigenvalue weighted by Crippen LogP contribution is 2.20. The molecule has 0 spiro atoms. The summed E-state index contributed by atoms with van der Waals surface area (Å²) in [6.07, 6.45) is 1.29. The molecule has 0 saturated carbocycles. The third kappa shape index (κ3) is 5.76. The van der Waals surface area contributed by atoms with Crippen LogP contribution in [0.15, 0.2) is 77.7 Å². The molecule has 5 nitrogen and oxygen atoms in total. The fourth-order valence-corrected chi connectivity index (χ4v) is 5.04. The highest BCUT2D eigenvalue weighted by atomic mass is 32.2. The van der Waals surface area contributed by atoms with Gasteiger partial charge in [0.2, 0.25) is 0 Å². The predicted octanol–water partition coefficient (Wildman–Crippen LogP) is 4.35. The second-order valence-electron chi connectivity index (χ2n) is 8.50. The molecule has 4 rings (SSSR count). The van der Waals surface area contributed by atoms with Gasteiger partial charge < -0.3 is 4.90 Å². The van der Waals surface area contributed by atoms with Crippen molar-refractivity contribution in [3.8, 4) is 0 Å². The quantitative estimate of drug-likeness (QED) is 0.543. The zero-order chi connectivity index (χ0) is 22.6. The second kappa shape index (κ2) is 9.86. The van der Waals surface area contributed by atoms with Crippen LogP contribution in [-0.2, 0) is 29.5 Å². The van der Waals surface area contributed by atoms with Gasteiger partial charge in [-0.05, 0) is 54.7 Å². The van der Waals surface area contributed by atoms with Crippen molar-refractivity contribution in [1.82, 2.24) is 4.90 Å². The van der Waals surface area contributed by atoms with Gasteiger partial charge in [0.15, 0.2) is 0 Å². The van der Waals surface area contributed by atoms with Crippen LogP contribution in [0.25, 0.3) is 0 Å². The first-order chi connectivity index (χ1) is 15.4. The third-order valence-electron chi connectivity index (χ3n) is 6.10. The number of benzene rings is 3. The van der Waals surface area contributed by atoms with Crippen molar-refractivity contribution < 1.29 is 13.0 Å². The molecule has 1 aliphatic heterocycles. The lowest BCUT2D eigenvalue weighted by atomic mass is 10.0. The number of nitrogens with zero attached hydrogens (tertiary/aromatic N) is 2. The van der Waals surface area contributed by atoms with E-state index in [4.69, 9.17) is 0 Å². The minimum absolute atomic E-state index is 0.00867. The van der Waals surface area contributed by atoms with Crippen molar-refractivity contribution in [1.29, 1.82) is 0 Å². The molecule has 0 bridgehead atoms. The van der Waals surface area contributed by atoms with Gasteiger partial charge in [-0.25, -0.2) is 0 Å². The van der Waals surface area contributed by atoms with Gasteiger partial charge in [-0.2, -0.15) is 8.42 Å². The minimum atomic E-state index is -4.21. The van der Waals surface area contributed by atoms with E-state index in [9.17, 15) is 13.0 Å². The molecule has 0 atom stereocenters. The monoisotopic (exact) mass is 450 g/mol. The molecule has 0 aliphatic carbocycles. The Balaban J connectivity index is 1.31. The maximum Gasteiger partial charge on any atom is 0.294 e. The van der Waals surface area contributed by atoms with Crippen molar-refractivity contribution in [2.45, 2.75) is 31.2 Å². The predicted molar refractivity (Wildman–Crippen MR) is 129 cm³/mol. The maximum atomic E-state index is 11.7. The number of para-hydroxylation sites is 1. The molecule has 0 aromatic heterocycles. The average molecular weight is 451 g/mol. The topological polar surface area (TPSA) is 60.9 Å². The smallest absolute Gasteiger partial charge is 0.294 e. The Bertz CT molecular complexity index is 1140. The van der Waals surface area contributed by atoms with E-state index in [1.807, 2.05) is 13.0 Å². The molecular weight excluding hydrogens is 420 g/mol. The Labute approximate surface area is 191 Å². The van der Waals surface area contributed by atoms with Crippen LogP contribution < -0.4 is 4.90 Å². The van der Waals surface area contributed by atoms with Crippen molar-refractivity contribution in [2.75, 3.05) is 31.1 Å². The molecule has 0 amide bonds. The maximum absolute atomic E-state index is 11.7.